The van der Waals surface area contributed by atoms with E-state index in [-0.39, 0.29) is 28.0 Å². The van der Waals surface area contributed by atoms with Crippen molar-refractivity contribution < 1.29 is 19.8 Å². The zero-order chi connectivity index (χ0) is 22.7. The van der Waals surface area contributed by atoms with Gasteiger partial charge in [0.25, 0.3) is 5.91 Å². The Balaban J connectivity index is 1.88. The molecule has 31 heavy (non-hydrogen) atoms. The average Bonchev–Trinajstić information content (AvgIpc) is 2.98. The molecule has 1 fully saturated rings. The molecule has 6 heteroatoms. The van der Waals surface area contributed by atoms with Crippen LogP contribution in [0.3, 0.4) is 0 Å². The van der Waals surface area contributed by atoms with Gasteiger partial charge in [0.05, 0.1) is 0 Å². The van der Waals surface area contributed by atoms with E-state index in [1.54, 1.807) is 6.07 Å². The second-order valence-corrected chi connectivity index (χ2v) is 9.87. The van der Waals surface area contributed by atoms with E-state index in [2.05, 4.69) is 50.5 Å². The number of benzene rings is 2. The highest BCUT2D eigenvalue weighted by atomic mass is 16.3. The number of rotatable bonds is 2. The smallest absolute Gasteiger partial charge is 0.326 e. The lowest BCUT2D eigenvalue weighted by Gasteiger charge is -2.42. The molecule has 3 amide bonds. The summed E-state index contributed by atoms with van der Waals surface area (Å²) in [6.07, 6.45) is 3.59. The SMILES string of the molecule is Cc1cc2c(cc1-c1cc(/C=C3\NC(=O)NC3=O)c(O)cc1O)C(C)(C)CCC2(C)C. The monoisotopic (exact) mass is 420 g/mol. The Morgan fingerprint density at radius 3 is 2.03 bits per heavy atom. The maximum atomic E-state index is 11.9. The Kier molecular flexibility index (Phi) is 4.65. The molecule has 162 valence electrons. The van der Waals surface area contributed by atoms with Crippen LogP contribution in [0.25, 0.3) is 17.2 Å². The second-order valence-electron chi connectivity index (χ2n) is 9.87. The molecule has 4 rings (SSSR count). The van der Waals surface area contributed by atoms with E-state index in [0.717, 1.165) is 24.0 Å². The first-order valence-electron chi connectivity index (χ1n) is 10.4. The molecule has 0 spiro atoms. The van der Waals surface area contributed by atoms with E-state index in [1.165, 1.54) is 23.3 Å². The number of aromatic hydroxyl groups is 2. The molecule has 6 nitrogen and oxygen atoms in total. The first kappa shape index (κ1) is 21.0. The van der Waals surface area contributed by atoms with E-state index in [0.29, 0.717) is 11.1 Å². The quantitative estimate of drug-likeness (QED) is 0.421. The van der Waals surface area contributed by atoms with Crippen molar-refractivity contribution in [3.8, 4) is 22.6 Å². The van der Waals surface area contributed by atoms with Crippen molar-refractivity contribution in [2.45, 2.75) is 58.3 Å². The van der Waals surface area contributed by atoms with E-state index in [9.17, 15) is 19.8 Å². The van der Waals surface area contributed by atoms with Gasteiger partial charge in [0.1, 0.15) is 17.2 Å². The Morgan fingerprint density at radius 2 is 1.45 bits per heavy atom. The summed E-state index contributed by atoms with van der Waals surface area (Å²) in [6, 6.07) is 6.67. The maximum absolute atomic E-state index is 11.9. The largest absolute Gasteiger partial charge is 0.507 e. The fourth-order valence-electron chi connectivity index (χ4n) is 4.58. The molecule has 1 saturated heterocycles. The van der Waals surface area contributed by atoms with Crippen LogP contribution in [0.1, 0.15) is 62.8 Å². The molecule has 1 heterocycles. The summed E-state index contributed by atoms with van der Waals surface area (Å²) >= 11 is 0. The number of imide groups is 1. The predicted octanol–water partition coefficient (Wildman–Crippen LogP) is 4.60. The summed E-state index contributed by atoms with van der Waals surface area (Å²) in [4.78, 5) is 23.3. The predicted molar refractivity (Wildman–Crippen MR) is 120 cm³/mol. The minimum absolute atomic E-state index is 0.0108. The number of phenolic OH excluding ortho intramolecular Hbond substituents is 2. The van der Waals surface area contributed by atoms with Gasteiger partial charge in [-0.2, -0.15) is 0 Å². The Labute approximate surface area is 182 Å². The minimum Gasteiger partial charge on any atom is -0.507 e. The Morgan fingerprint density at radius 1 is 0.839 bits per heavy atom. The van der Waals surface area contributed by atoms with Gasteiger partial charge in [-0.25, -0.2) is 4.79 Å². The zero-order valence-electron chi connectivity index (χ0n) is 18.5. The van der Waals surface area contributed by atoms with Crippen LogP contribution in [0.5, 0.6) is 11.5 Å². The first-order chi connectivity index (χ1) is 14.4. The highest BCUT2D eigenvalue weighted by molar-refractivity contribution is 6.14. The molecule has 2 aromatic carbocycles. The number of phenols is 2. The Hall–Kier alpha value is -3.28. The number of amides is 3. The summed E-state index contributed by atoms with van der Waals surface area (Å²) in [5, 5.41) is 25.5. The molecule has 0 unspecified atom stereocenters. The third kappa shape index (κ3) is 3.56. The fourth-order valence-corrected chi connectivity index (χ4v) is 4.58. The molecular formula is C25H28N2O4. The number of nitrogens with one attached hydrogen (secondary N) is 2. The third-order valence-electron chi connectivity index (χ3n) is 6.65. The van der Waals surface area contributed by atoms with E-state index in [1.807, 2.05) is 6.92 Å². The normalized spacial score (nSPS) is 20.4. The minimum atomic E-state index is -0.606. The molecule has 2 aliphatic rings. The molecule has 2 aromatic rings. The zero-order valence-corrected chi connectivity index (χ0v) is 18.5. The number of carbonyl (C=O) groups is 2. The lowest BCUT2D eigenvalue weighted by Crippen LogP contribution is -2.34. The van der Waals surface area contributed by atoms with Gasteiger partial charge in [0.2, 0.25) is 0 Å². The molecule has 0 bridgehead atoms. The molecule has 0 radical (unpaired) electrons. The van der Waals surface area contributed by atoms with Gasteiger partial charge in [-0.1, -0.05) is 33.8 Å². The highest BCUT2D eigenvalue weighted by Gasteiger charge is 2.37. The van der Waals surface area contributed by atoms with Crippen molar-refractivity contribution in [1.82, 2.24) is 10.6 Å². The van der Waals surface area contributed by atoms with Gasteiger partial charge in [-0.15, -0.1) is 0 Å². The van der Waals surface area contributed by atoms with Gasteiger partial charge in [0.15, 0.2) is 0 Å². The molecule has 1 aliphatic heterocycles. The van der Waals surface area contributed by atoms with E-state index in [4.69, 9.17) is 0 Å². The van der Waals surface area contributed by atoms with Crippen molar-refractivity contribution in [2.24, 2.45) is 0 Å². The Bertz CT molecular complexity index is 1160. The fraction of sp³-hybridized carbons (Fsp3) is 0.360. The summed E-state index contributed by atoms with van der Waals surface area (Å²) < 4.78 is 0. The maximum Gasteiger partial charge on any atom is 0.326 e. The lowest BCUT2D eigenvalue weighted by molar-refractivity contribution is -0.115. The number of hydrogen-bond acceptors (Lipinski definition) is 4. The summed E-state index contributed by atoms with van der Waals surface area (Å²) in [5.74, 6) is -0.789. The second kappa shape index (κ2) is 6.87. The summed E-state index contributed by atoms with van der Waals surface area (Å²) in [6.45, 7) is 11.0. The summed E-state index contributed by atoms with van der Waals surface area (Å²) in [5.41, 5.74) is 5.52. The van der Waals surface area contributed by atoms with Crippen LogP contribution in [-0.4, -0.2) is 22.2 Å². The van der Waals surface area contributed by atoms with Crippen molar-refractivity contribution in [3.63, 3.8) is 0 Å². The van der Waals surface area contributed by atoms with Gasteiger partial charge in [0, 0.05) is 17.2 Å². The first-order valence-corrected chi connectivity index (χ1v) is 10.4. The number of aryl methyl sites for hydroxylation is 1. The van der Waals surface area contributed by atoms with Crippen molar-refractivity contribution in [2.75, 3.05) is 0 Å². The van der Waals surface area contributed by atoms with Crippen LogP contribution >= 0.6 is 0 Å². The highest BCUT2D eigenvalue weighted by Crippen LogP contribution is 2.48. The standard InChI is InChI=1S/C25H28N2O4/c1-13-8-17-18(25(4,5)7-6-24(17,2)3)11-15(13)16-9-14(20(28)12-21(16)29)10-19-22(30)27-23(31)26-19/h8-12,28-29H,6-7H2,1-5H3,(H2,26,27,30,31)/b19-10-. The van der Waals surface area contributed by atoms with Crippen molar-refractivity contribution in [3.05, 3.63) is 52.2 Å². The molecule has 0 saturated carbocycles. The van der Waals surface area contributed by atoms with Crippen LogP contribution in [0.2, 0.25) is 0 Å². The van der Waals surface area contributed by atoms with Gasteiger partial charge in [-0.05, 0) is 71.1 Å². The van der Waals surface area contributed by atoms with Crippen LogP contribution in [0.4, 0.5) is 4.79 Å². The van der Waals surface area contributed by atoms with Crippen LogP contribution in [0.15, 0.2) is 30.0 Å². The topological polar surface area (TPSA) is 98.7 Å². The molecule has 1 aliphatic carbocycles. The molecule has 4 N–H and O–H groups in total. The third-order valence-corrected chi connectivity index (χ3v) is 6.65. The van der Waals surface area contributed by atoms with Crippen LogP contribution < -0.4 is 10.6 Å². The van der Waals surface area contributed by atoms with Gasteiger partial charge < -0.3 is 15.5 Å². The number of carbonyl (C=O) groups excluding carboxylic acids is 2. The van der Waals surface area contributed by atoms with E-state index >= 15 is 0 Å². The van der Waals surface area contributed by atoms with Crippen molar-refractivity contribution >= 4 is 18.0 Å². The van der Waals surface area contributed by atoms with E-state index < -0.39 is 11.9 Å². The van der Waals surface area contributed by atoms with Gasteiger partial charge >= 0.3 is 6.03 Å². The molecule has 0 aromatic heterocycles. The lowest BCUT2D eigenvalue weighted by atomic mass is 9.62. The average molecular weight is 421 g/mol. The van der Waals surface area contributed by atoms with Crippen LogP contribution in [0, 0.1) is 6.92 Å². The van der Waals surface area contributed by atoms with Gasteiger partial charge in [-0.3, -0.25) is 10.1 Å². The van der Waals surface area contributed by atoms with Crippen LogP contribution in [-0.2, 0) is 15.6 Å². The summed E-state index contributed by atoms with van der Waals surface area (Å²) in [7, 11) is 0. The van der Waals surface area contributed by atoms with Crippen molar-refractivity contribution in [1.29, 1.82) is 0 Å². The molecular weight excluding hydrogens is 392 g/mol. The molecule has 0 atom stereocenters. The number of urea groups is 1. The number of hydrogen-bond donors (Lipinski definition) is 4. The number of fused-ring (bicyclic) bond motifs is 1.